The summed E-state index contributed by atoms with van der Waals surface area (Å²) in [5, 5.41) is 7.91. The van der Waals surface area contributed by atoms with E-state index in [2.05, 4.69) is 5.32 Å². The van der Waals surface area contributed by atoms with Gasteiger partial charge in [-0.05, 0) is 38.0 Å². The maximum absolute atomic E-state index is 11.9. The van der Waals surface area contributed by atoms with Gasteiger partial charge in [0.05, 0.1) is 10.9 Å². The number of hydrogen-bond donors (Lipinski definition) is 2. The zero-order chi connectivity index (χ0) is 15.3. The van der Waals surface area contributed by atoms with Gasteiger partial charge < -0.3 is 5.32 Å². The Labute approximate surface area is 119 Å². The van der Waals surface area contributed by atoms with E-state index in [0.717, 1.165) is 6.42 Å². The molecule has 1 aromatic carbocycles. The lowest BCUT2D eigenvalue weighted by Gasteiger charge is -2.15. The Hall–Kier alpha value is -1.66. The molecule has 0 aliphatic carbocycles. The largest absolute Gasteiger partial charge is 0.346 e. The van der Waals surface area contributed by atoms with Crippen molar-refractivity contribution in [1.82, 2.24) is 5.32 Å². The van der Waals surface area contributed by atoms with Crippen molar-refractivity contribution in [3.8, 4) is 0 Å². The molecule has 5 nitrogen and oxygen atoms in total. The van der Waals surface area contributed by atoms with Crippen LogP contribution in [0.1, 0.15) is 38.8 Å². The number of primary sulfonamides is 1. The first-order valence-electron chi connectivity index (χ1n) is 6.36. The highest BCUT2D eigenvalue weighted by atomic mass is 32.2. The van der Waals surface area contributed by atoms with E-state index in [1.165, 1.54) is 12.1 Å². The third-order valence-corrected chi connectivity index (χ3v) is 3.81. The molecule has 0 saturated heterocycles. The SMILES string of the molecule is CC/C=C(/C)C(=O)NC(C)c1cccc(S(N)(=O)=O)c1. The molecule has 0 heterocycles. The van der Waals surface area contributed by atoms with Gasteiger partial charge in [-0.1, -0.05) is 25.1 Å². The van der Waals surface area contributed by atoms with E-state index in [-0.39, 0.29) is 16.8 Å². The molecule has 20 heavy (non-hydrogen) atoms. The summed E-state index contributed by atoms with van der Waals surface area (Å²) in [7, 11) is -3.74. The fourth-order valence-electron chi connectivity index (χ4n) is 1.75. The Balaban J connectivity index is 2.91. The van der Waals surface area contributed by atoms with Crippen LogP contribution in [0.3, 0.4) is 0 Å². The molecule has 1 amide bonds. The predicted molar refractivity (Wildman–Crippen MR) is 78.4 cm³/mol. The molecule has 0 radical (unpaired) electrons. The predicted octanol–water partition coefficient (Wildman–Crippen LogP) is 1.87. The quantitative estimate of drug-likeness (QED) is 0.813. The lowest BCUT2D eigenvalue weighted by molar-refractivity contribution is -0.118. The summed E-state index contributed by atoms with van der Waals surface area (Å²) in [6.07, 6.45) is 2.62. The van der Waals surface area contributed by atoms with E-state index in [1.54, 1.807) is 26.0 Å². The van der Waals surface area contributed by atoms with Crippen molar-refractivity contribution in [2.75, 3.05) is 0 Å². The molecule has 1 unspecified atom stereocenters. The van der Waals surface area contributed by atoms with Gasteiger partial charge in [0.2, 0.25) is 15.9 Å². The summed E-state index contributed by atoms with van der Waals surface area (Å²) in [5.41, 5.74) is 1.33. The minimum Gasteiger partial charge on any atom is -0.346 e. The first kappa shape index (κ1) is 16.4. The second kappa shape index (κ2) is 6.67. The highest BCUT2D eigenvalue weighted by Gasteiger charge is 2.14. The van der Waals surface area contributed by atoms with Crippen LogP contribution < -0.4 is 10.5 Å². The lowest BCUT2D eigenvalue weighted by atomic mass is 10.1. The number of carbonyl (C=O) groups excluding carboxylic acids is 1. The number of hydrogen-bond acceptors (Lipinski definition) is 3. The van der Waals surface area contributed by atoms with E-state index in [1.807, 2.05) is 13.0 Å². The average molecular weight is 296 g/mol. The highest BCUT2D eigenvalue weighted by molar-refractivity contribution is 7.89. The van der Waals surface area contributed by atoms with Crippen molar-refractivity contribution in [2.45, 2.75) is 38.1 Å². The summed E-state index contributed by atoms with van der Waals surface area (Å²) in [5.74, 6) is -0.166. The maximum Gasteiger partial charge on any atom is 0.247 e. The topological polar surface area (TPSA) is 89.3 Å². The molecule has 0 aliphatic rings. The number of sulfonamides is 1. The minimum absolute atomic E-state index is 0.0388. The van der Waals surface area contributed by atoms with Gasteiger partial charge in [-0.2, -0.15) is 0 Å². The minimum atomic E-state index is -3.74. The zero-order valence-electron chi connectivity index (χ0n) is 11.9. The first-order chi connectivity index (χ1) is 9.25. The normalized spacial score (nSPS) is 13.9. The fraction of sp³-hybridized carbons (Fsp3) is 0.357. The molecular formula is C14H20N2O3S. The Morgan fingerprint density at radius 1 is 1.45 bits per heavy atom. The van der Waals surface area contributed by atoms with Gasteiger partial charge in [-0.3, -0.25) is 4.79 Å². The summed E-state index contributed by atoms with van der Waals surface area (Å²) in [6.45, 7) is 5.49. The summed E-state index contributed by atoms with van der Waals surface area (Å²) in [4.78, 5) is 11.9. The third-order valence-electron chi connectivity index (χ3n) is 2.90. The van der Waals surface area contributed by atoms with Crippen molar-refractivity contribution in [3.63, 3.8) is 0 Å². The van der Waals surface area contributed by atoms with Gasteiger partial charge in [-0.25, -0.2) is 13.6 Å². The highest BCUT2D eigenvalue weighted by Crippen LogP contribution is 2.17. The first-order valence-corrected chi connectivity index (χ1v) is 7.90. The van der Waals surface area contributed by atoms with E-state index < -0.39 is 10.0 Å². The van der Waals surface area contributed by atoms with Gasteiger partial charge in [0.25, 0.3) is 0 Å². The molecule has 3 N–H and O–H groups in total. The van der Waals surface area contributed by atoms with Gasteiger partial charge in [-0.15, -0.1) is 0 Å². The van der Waals surface area contributed by atoms with Crippen molar-refractivity contribution < 1.29 is 13.2 Å². The number of nitrogens with one attached hydrogen (secondary N) is 1. The molecule has 1 atom stereocenters. The molecule has 110 valence electrons. The van der Waals surface area contributed by atoms with E-state index in [0.29, 0.717) is 11.1 Å². The van der Waals surface area contributed by atoms with Crippen LogP contribution in [0.4, 0.5) is 0 Å². The van der Waals surface area contributed by atoms with E-state index >= 15 is 0 Å². The summed E-state index contributed by atoms with van der Waals surface area (Å²) >= 11 is 0. The fourth-order valence-corrected chi connectivity index (χ4v) is 2.32. The molecule has 0 aliphatic heterocycles. The second-order valence-corrected chi connectivity index (χ2v) is 6.17. The third kappa shape index (κ3) is 4.47. The van der Waals surface area contributed by atoms with Crippen LogP contribution >= 0.6 is 0 Å². The number of nitrogens with two attached hydrogens (primary N) is 1. The molecule has 1 aromatic rings. The smallest absolute Gasteiger partial charge is 0.247 e. The van der Waals surface area contributed by atoms with Gasteiger partial charge in [0, 0.05) is 5.57 Å². The average Bonchev–Trinajstić information content (AvgIpc) is 2.38. The Morgan fingerprint density at radius 3 is 2.65 bits per heavy atom. The molecule has 0 aromatic heterocycles. The van der Waals surface area contributed by atoms with Crippen LogP contribution in [0.5, 0.6) is 0 Å². The second-order valence-electron chi connectivity index (χ2n) is 4.61. The standard InChI is InChI=1S/C14H20N2O3S/c1-4-6-10(2)14(17)16-11(3)12-7-5-8-13(9-12)20(15,18)19/h5-9,11H,4H2,1-3H3,(H,16,17)(H2,15,18,19)/b10-6-. The number of carbonyl (C=O) groups is 1. The number of amides is 1. The van der Waals surface area contributed by atoms with Gasteiger partial charge in [0.1, 0.15) is 0 Å². The van der Waals surface area contributed by atoms with E-state index in [4.69, 9.17) is 5.14 Å². The molecule has 1 rings (SSSR count). The van der Waals surface area contributed by atoms with Crippen molar-refractivity contribution in [2.24, 2.45) is 5.14 Å². The summed E-state index contributed by atoms with van der Waals surface area (Å²) < 4.78 is 22.6. The lowest BCUT2D eigenvalue weighted by Crippen LogP contribution is -2.27. The molecule has 0 saturated carbocycles. The monoisotopic (exact) mass is 296 g/mol. The molecule has 0 bridgehead atoms. The summed E-state index contributed by atoms with van der Waals surface area (Å²) in [6, 6.07) is 5.95. The Kier molecular flexibility index (Phi) is 5.47. The van der Waals surface area contributed by atoms with Crippen LogP contribution in [0.25, 0.3) is 0 Å². The Morgan fingerprint density at radius 2 is 2.10 bits per heavy atom. The number of rotatable bonds is 5. The van der Waals surface area contributed by atoms with Crippen LogP contribution in [0.15, 0.2) is 40.8 Å². The number of benzene rings is 1. The van der Waals surface area contributed by atoms with Crippen LogP contribution in [0, 0.1) is 0 Å². The van der Waals surface area contributed by atoms with Crippen molar-refractivity contribution in [3.05, 3.63) is 41.5 Å². The Bertz CT molecular complexity index is 621. The van der Waals surface area contributed by atoms with Crippen LogP contribution in [-0.2, 0) is 14.8 Å². The zero-order valence-corrected chi connectivity index (χ0v) is 12.7. The molecular weight excluding hydrogens is 276 g/mol. The van der Waals surface area contributed by atoms with Crippen LogP contribution in [-0.4, -0.2) is 14.3 Å². The van der Waals surface area contributed by atoms with Crippen molar-refractivity contribution >= 4 is 15.9 Å². The van der Waals surface area contributed by atoms with E-state index in [9.17, 15) is 13.2 Å². The van der Waals surface area contributed by atoms with Crippen LogP contribution in [0.2, 0.25) is 0 Å². The number of allylic oxidation sites excluding steroid dienone is 1. The van der Waals surface area contributed by atoms with Gasteiger partial charge >= 0.3 is 0 Å². The molecule has 6 heteroatoms. The van der Waals surface area contributed by atoms with Crippen molar-refractivity contribution in [1.29, 1.82) is 0 Å². The van der Waals surface area contributed by atoms with Gasteiger partial charge in [0.15, 0.2) is 0 Å². The molecule has 0 spiro atoms. The maximum atomic E-state index is 11.9. The molecule has 0 fully saturated rings.